The number of anilines is 1. The fourth-order valence-corrected chi connectivity index (χ4v) is 5.86. The Morgan fingerprint density at radius 1 is 1.06 bits per heavy atom. The summed E-state index contributed by atoms with van der Waals surface area (Å²) in [6.07, 6.45) is 3.13. The molecule has 2 aromatic carbocycles. The average molecular weight is 478 g/mol. The van der Waals surface area contributed by atoms with Gasteiger partial charge in [0.2, 0.25) is 0 Å². The minimum Gasteiger partial charge on any atom is -0.302 e. The van der Waals surface area contributed by atoms with Crippen LogP contribution in [0.4, 0.5) is 5.13 Å². The third-order valence-corrected chi connectivity index (χ3v) is 8.09. The van der Waals surface area contributed by atoms with Crippen LogP contribution in [0, 0.1) is 0 Å². The van der Waals surface area contributed by atoms with E-state index in [4.69, 9.17) is 0 Å². The fourth-order valence-electron chi connectivity index (χ4n) is 3.36. The number of aromatic nitrogens is 1. The van der Waals surface area contributed by atoms with Crippen molar-refractivity contribution in [3.05, 3.63) is 48.0 Å². The van der Waals surface area contributed by atoms with E-state index in [0.29, 0.717) is 29.3 Å². The fraction of sp³-hybridized carbons (Fsp3) is 0.364. The minimum absolute atomic E-state index is 0.128. The summed E-state index contributed by atoms with van der Waals surface area (Å²) in [5.41, 5.74) is 1.04. The number of hydrogen-bond donors (Lipinski definition) is 0. The lowest BCUT2D eigenvalue weighted by molar-refractivity contribution is 0.0981. The van der Waals surface area contributed by atoms with Crippen molar-refractivity contribution in [1.82, 2.24) is 9.88 Å². The van der Waals surface area contributed by atoms with Crippen molar-refractivity contribution in [1.29, 1.82) is 0 Å². The SMILES string of the molecule is CCN(CC)CCN(C(=O)c1ccccc1SC)c1nc2c(S(C)(=O)=O)cccc2s1. The highest BCUT2D eigenvalue weighted by Crippen LogP contribution is 2.34. The maximum absolute atomic E-state index is 13.6. The van der Waals surface area contributed by atoms with E-state index < -0.39 is 9.84 Å². The van der Waals surface area contributed by atoms with E-state index in [1.807, 2.05) is 36.6 Å². The third kappa shape index (κ3) is 5.28. The van der Waals surface area contributed by atoms with Crippen LogP contribution in [-0.4, -0.2) is 62.9 Å². The van der Waals surface area contributed by atoms with Crippen molar-refractivity contribution in [2.75, 3.05) is 43.6 Å². The van der Waals surface area contributed by atoms with Gasteiger partial charge in [-0.2, -0.15) is 0 Å². The molecule has 0 spiro atoms. The van der Waals surface area contributed by atoms with Gasteiger partial charge in [-0.25, -0.2) is 13.4 Å². The zero-order valence-corrected chi connectivity index (χ0v) is 20.6. The number of benzene rings is 2. The Bertz CT molecular complexity index is 1170. The van der Waals surface area contributed by atoms with E-state index in [1.54, 1.807) is 17.0 Å². The van der Waals surface area contributed by atoms with Gasteiger partial charge in [0.15, 0.2) is 15.0 Å². The van der Waals surface area contributed by atoms with E-state index in [1.165, 1.54) is 29.4 Å². The lowest BCUT2D eigenvalue weighted by Gasteiger charge is -2.25. The van der Waals surface area contributed by atoms with Gasteiger partial charge >= 0.3 is 0 Å². The van der Waals surface area contributed by atoms with Crippen LogP contribution in [0.15, 0.2) is 52.3 Å². The highest BCUT2D eigenvalue weighted by molar-refractivity contribution is 7.98. The molecule has 31 heavy (non-hydrogen) atoms. The molecular weight excluding hydrogens is 450 g/mol. The average Bonchev–Trinajstić information content (AvgIpc) is 3.19. The molecule has 0 saturated heterocycles. The summed E-state index contributed by atoms with van der Waals surface area (Å²) in [5, 5.41) is 0.513. The van der Waals surface area contributed by atoms with Crippen molar-refractivity contribution in [2.45, 2.75) is 23.6 Å². The van der Waals surface area contributed by atoms with Crippen LogP contribution >= 0.6 is 23.1 Å². The van der Waals surface area contributed by atoms with E-state index in [9.17, 15) is 13.2 Å². The predicted octanol–water partition coefficient (Wildman–Crippen LogP) is 4.41. The van der Waals surface area contributed by atoms with Crippen LogP contribution in [0.3, 0.4) is 0 Å². The number of carbonyl (C=O) groups is 1. The molecule has 1 aromatic heterocycles. The normalized spacial score (nSPS) is 11.9. The summed E-state index contributed by atoms with van der Waals surface area (Å²) in [5.74, 6) is -0.128. The molecule has 0 saturated carbocycles. The summed E-state index contributed by atoms with van der Waals surface area (Å²) in [7, 11) is -3.43. The van der Waals surface area contributed by atoms with Crippen LogP contribution in [-0.2, 0) is 9.84 Å². The number of rotatable bonds is 9. The van der Waals surface area contributed by atoms with Gasteiger partial charge in [-0.3, -0.25) is 9.69 Å². The maximum atomic E-state index is 13.6. The Morgan fingerprint density at radius 2 is 1.77 bits per heavy atom. The highest BCUT2D eigenvalue weighted by atomic mass is 32.2. The summed E-state index contributed by atoms with van der Waals surface area (Å²) in [6, 6.07) is 12.6. The number of hydrogen-bond acceptors (Lipinski definition) is 7. The number of fused-ring (bicyclic) bond motifs is 1. The van der Waals surface area contributed by atoms with Gasteiger partial charge < -0.3 is 4.90 Å². The van der Waals surface area contributed by atoms with E-state index in [0.717, 1.165) is 22.7 Å². The largest absolute Gasteiger partial charge is 0.302 e. The van der Waals surface area contributed by atoms with Crippen molar-refractivity contribution < 1.29 is 13.2 Å². The number of carbonyl (C=O) groups excluding carboxylic acids is 1. The smallest absolute Gasteiger partial charge is 0.261 e. The number of thioether (sulfide) groups is 1. The Balaban J connectivity index is 2.09. The molecule has 0 aliphatic rings. The lowest BCUT2D eigenvalue weighted by atomic mass is 10.2. The molecule has 0 bridgehead atoms. The van der Waals surface area contributed by atoms with Crippen LogP contribution in [0.25, 0.3) is 10.2 Å². The monoisotopic (exact) mass is 477 g/mol. The van der Waals surface area contributed by atoms with Gasteiger partial charge in [0.05, 0.1) is 15.2 Å². The third-order valence-electron chi connectivity index (χ3n) is 5.12. The van der Waals surface area contributed by atoms with Gasteiger partial charge in [0.1, 0.15) is 5.52 Å². The van der Waals surface area contributed by atoms with Crippen molar-refractivity contribution in [2.24, 2.45) is 0 Å². The second kappa shape index (κ2) is 10.1. The van der Waals surface area contributed by atoms with Gasteiger partial charge in [0, 0.05) is 24.2 Å². The molecule has 9 heteroatoms. The van der Waals surface area contributed by atoms with Crippen LogP contribution in [0.2, 0.25) is 0 Å². The molecule has 0 radical (unpaired) electrons. The van der Waals surface area contributed by atoms with Crippen LogP contribution < -0.4 is 4.90 Å². The first-order chi connectivity index (χ1) is 14.8. The minimum atomic E-state index is -3.43. The van der Waals surface area contributed by atoms with Crippen molar-refractivity contribution in [3.63, 3.8) is 0 Å². The van der Waals surface area contributed by atoms with Crippen LogP contribution in [0.5, 0.6) is 0 Å². The lowest BCUT2D eigenvalue weighted by Crippen LogP contribution is -2.39. The molecule has 166 valence electrons. The second-order valence-electron chi connectivity index (χ2n) is 7.06. The molecule has 1 heterocycles. The topological polar surface area (TPSA) is 70.6 Å². The Hall–Kier alpha value is -1.94. The molecule has 0 aliphatic heterocycles. The summed E-state index contributed by atoms with van der Waals surface area (Å²) < 4.78 is 25.2. The Kier molecular flexibility index (Phi) is 7.74. The quantitative estimate of drug-likeness (QED) is 0.425. The molecule has 0 aliphatic carbocycles. The number of thiazole rings is 1. The molecule has 0 atom stereocenters. The maximum Gasteiger partial charge on any atom is 0.261 e. The zero-order valence-electron chi connectivity index (χ0n) is 18.2. The van der Waals surface area contributed by atoms with Gasteiger partial charge in [-0.15, -0.1) is 11.8 Å². The summed E-state index contributed by atoms with van der Waals surface area (Å²) in [4.78, 5) is 23.3. The van der Waals surface area contributed by atoms with Crippen LogP contribution in [0.1, 0.15) is 24.2 Å². The molecule has 1 amide bonds. The number of para-hydroxylation sites is 1. The first-order valence-corrected chi connectivity index (χ1v) is 14.0. The number of sulfone groups is 1. The summed E-state index contributed by atoms with van der Waals surface area (Å²) in [6.45, 7) is 7.13. The molecular formula is C22H27N3O3S3. The standard InChI is InChI=1S/C22H27N3O3S3/c1-5-24(6-2)14-15-25(21(26)16-10-7-8-11-17(16)29-3)22-23-20-18(30-22)12-9-13-19(20)31(4,27)28/h7-13H,5-6,14-15H2,1-4H3. The zero-order chi connectivity index (χ0) is 22.6. The first kappa shape index (κ1) is 23.7. The first-order valence-electron chi connectivity index (χ1n) is 10.1. The van der Waals surface area contributed by atoms with Crippen molar-refractivity contribution >= 4 is 54.2 Å². The van der Waals surface area contributed by atoms with Gasteiger partial charge in [-0.05, 0) is 43.6 Å². The second-order valence-corrected chi connectivity index (χ2v) is 10.9. The molecule has 6 nitrogen and oxygen atoms in total. The molecule has 0 N–H and O–H groups in total. The Labute approximate surface area is 192 Å². The van der Waals surface area contributed by atoms with E-state index in [2.05, 4.69) is 23.7 Å². The van der Waals surface area contributed by atoms with E-state index >= 15 is 0 Å². The molecule has 0 fully saturated rings. The van der Waals surface area contributed by atoms with E-state index in [-0.39, 0.29) is 10.8 Å². The summed E-state index contributed by atoms with van der Waals surface area (Å²) >= 11 is 2.87. The highest BCUT2D eigenvalue weighted by Gasteiger charge is 2.25. The molecule has 0 unspecified atom stereocenters. The predicted molar refractivity (Wildman–Crippen MR) is 130 cm³/mol. The molecule has 3 aromatic rings. The Morgan fingerprint density at radius 3 is 2.42 bits per heavy atom. The number of likely N-dealkylation sites (N-methyl/N-ethyl adjacent to an activating group) is 1. The number of nitrogens with zero attached hydrogens (tertiary/aromatic N) is 3. The number of amides is 1. The van der Waals surface area contributed by atoms with Crippen molar-refractivity contribution in [3.8, 4) is 0 Å². The molecule has 3 rings (SSSR count). The van der Waals surface area contributed by atoms with Gasteiger partial charge in [-0.1, -0.05) is 43.4 Å². The van der Waals surface area contributed by atoms with Gasteiger partial charge in [0.25, 0.3) is 5.91 Å².